The van der Waals surface area contributed by atoms with Gasteiger partial charge in [-0.15, -0.1) is 11.3 Å². The van der Waals surface area contributed by atoms with Gasteiger partial charge in [0.15, 0.2) is 0 Å². The summed E-state index contributed by atoms with van der Waals surface area (Å²) >= 11 is 7.65. The summed E-state index contributed by atoms with van der Waals surface area (Å²) in [4.78, 5) is 25.3. The van der Waals surface area contributed by atoms with Crippen molar-refractivity contribution in [3.63, 3.8) is 0 Å². The Kier molecular flexibility index (Phi) is 8.13. The largest absolute Gasteiger partial charge is 0.494 e. The summed E-state index contributed by atoms with van der Waals surface area (Å²) in [5, 5.41) is 5.27. The fraction of sp³-hybridized carbons (Fsp3) is 0.148. The van der Waals surface area contributed by atoms with Crippen LogP contribution in [-0.4, -0.2) is 24.7 Å². The number of nitrogens with one attached hydrogen (secondary N) is 1. The van der Waals surface area contributed by atoms with E-state index in [1.54, 1.807) is 48.5 Å². The van der Waals surface area contributed by atoms with E-state index in [0.29, 0.717) is 27.8 Å². The molecule has 4 aromatic rings. The van der Waals surface area contributed by atoms with Crippen LogP contribution >= 0.6 is 22.9 Å². The van der Waals surface area contributed by atoms with Gasteiger partial charge in [-0.2, -0.15) is 5.10 Å². The zero-order chi connectivity index (χ0) is 24.6. The first-order chi connectivity index (χ1) is 17.0. The molecule has 8 heteroatoms. The molecule has 0 radical (unpaired) electrons. The van der Waals surface area contributed by atoms with Crippen LogP contribution in [0.2, 0.25) is 5.02 Å². The van der Waals surface area contributed by atoms with E-state index >= 15 is 0 Å². The number of hydrogen-bond acceptors (Lipinski definition) is 6. The number of nitrogens with zero attached hydrogens (tertiary/aromatic N) is 1. The summed E-state index contributed by atoms with van der Waals surface area (Å²) in [7, 11) is 0. The van der Waals surface area contributed by atoms with Crippen molar-refractivity contribution in [2.24, 2.45) is 5.10 Å². The molecule has 0 unspecified atom stereocenters. The van der Waals surface area contributed by atoms with Crippen molar-refractivity contribution in [1.82, 2.24) is 5.43 Å². The topological polar surface area (TPSA) is 77.0 Å². The van der Waals surface area contributed by atoms with Crippen LogP contribution in [-0.2, 0) is 0 Å². The Morgan fingerprint density at radius 1 is 1.00 bits per heavy atom. The molecular formula is C27H23ClN2O4S. The molecule has 1 aromatic heterocycles. The maximum atomic E-state index is 12.5. The Morgan fingerprint density at radius 3 is 2.43 bits per heavy atom. The van der Waals surface area contributed by atoms with Crippen molar-refractivity contribution in [3.05, 3.63) is 93.8 Å². The number of fused-ring (bicyclic) bond motifs is 1. The average molecular weight is 507 g/mol. The molecule has 1 heterocycles. The van der Waals surface area contributed by atoms with E-state index in [9.17, 15) is 9.59 Å². The first-order valence-electron chi connectivity index (χ1n) is 11.1. The third-order valence-corrected chi connectivity index (χ3v) is 6.74. The van der Waals surface area contributed by atoms with Gasteiger partial charge >= 0.3 is 5.97 Å². The summed E-state index contributed by atoms with van der Waals surface area (Å²) in [6.07, 6.45) is 3.55. The maximum absolute atomic E-state index is 12.5. The molecule has 178 valence electrons. The molecule has 1 N–H and O–H groups in total. The highest BCUT2D eigenvalue weighted by Crippen LogP contribution is 2.34. The molecule has 0 atom stereocenters. The number of unbranched alkanes of at least 4 members (excludes halogenated alkanes) is 1. The molecule has 0 saturated heterocycles. The van der Waals surface area contributed by atoms with Crippen molar-refractivity contribution in [3.8, 4) is 11.5 Å². The second-order valence-electron chi connectivity index (χ2n) is 7.63. The Hall–Kier alpha value is -3.68. The molecule has 0 saturated carbocycles. The lowest BCUT2D eigenvalue weighted by Crippen LogP contribution is -2.16. The molecular weight excluding hydrogens is 484 g/mol. The summed E-state index contributed by atoms with van der Waals surface area (Å²) in [6.45, 7) is 2.75. The van der Waals surface area contributed by atoms with Crippen molar-refractivity contribution in [1.29, 1.82) is 0 Å². The van der Waals surface area contributed by atoms with E-state index in [0.717, 1.165) is 34.2 Å². The number of hydrogen-bond donors (Lipinski definition) is 1. The number of hydrazone groups is 1. The Morgan fingerprint density at radius 2 is 1.71 bits per heavy atom. The highest BCUT2D eigenvalue weighted by molar-refractivity contribution is 7.21. The second-order valence-corrected chi connectivity index (χ2v) is 9.06. The van der Waals surface area contributed by atoms with Gasteiger partial charge in [0.05, 0.1) is 23.4 Å². The van der Waals surface area contributed by atoms with E-state index in [1.807, 2.05) is 24.3 Å². The molecule has 0 aliphatic carbocycles. The van der Waals surface area contributed by atoms with Crippen LogP contribution in [0.1, 0.15) is 45.4 Å². The standard InChI is InChI=1S/C27H23ClN2O4S/c1-2-3-16-33-20-14-10-19(11-15-20)27(32)34-21-12-8-18(9-13-21)17-29-30-26(31)25-24(28)22-6-4-5-7-23(22)35-25/h4-15,17H,2-3,16H2,1H3,(H,30,31)/b29-17+. The predicted octanol–water partition coefficient (Wildman–Crippen LogP) is 6.72. The van der Waals surface area contributed by atoms with Crippen LogP contribution in [0.15, 0.2) is 77.9 Å². The first-order valence-corrected chi connectivity index (χ1v) is 12.3. The van der Waals surface area contributed by atoms with Gasteiger partial charge < -0.3 is 9.47 Å². The van der Waals surface area contributed by atoms with Gasteiger partial charge in [-0.05, 0) is 66.6 Å². The zero-order valence-electron chi connectivity index (χ0n) is 19.0. The summed E-state index contributed by atoms with van der Waals surface area (Å²) < 4.78 is 12.0. The lowest BCUT2D eigenvalue weighted by atomic mass is 10.2. The molecule has 0 spiro atoms. The lowest BCUT2D eigenvalue weighted by molar-refractivity contribution is 0.0734. The number of rotatable bonds is 9. The maximum Gasteiger partial charge on any atom is 0.343 e. The quantitative estimate of drug-likeness (QED) is 0.0898. The van der Waals surface area contributed by atoms with Crippen molar-refractivity contribution in [2.45, 2.75) is 19.8 Å². The number of ether oxygens (including phenoxy) is 2. The fourth-order valence-corrected chi connectivity index (χ4v) is 4.59. The number of benzene rings is 3. The van der Waals surface area contributed by atoms with Crippen LogP contribution in [0.4, 0.5) is 0 Å². The molecule has 1 amide bonds. The fourth-order valence-electron chi connectivity index (χ4n) is 3.19. The third kappa shape index (κ3) is 6.26. The van der Waals surface area contributed by atoms with Gasteiger partial charge in [0, 0.05) is 10.1 Å². The van der Waals surface area contributed by atoms with Gasteiger partial charge in [-0.1, -0.05) is 43.1 Å². The van der Waals surface area contributed by atoms with E-state index in [4.69, 9.17) is 21.1 Å². The van der Waals surface area contributed by atoms with Gasteiger partial charge in [0.2, 0.25) is 0 Å². The molecule has 0 aliphatic heterocycles. The lowest BCUT2D eigenvalue weighted by Gasteiger charge is -2.07. The predicted molar refractivity (Wildman–Crippen MR) is 140 cm³/mol. The smallest absolute Gasteiger partial charge is 0.343 e. The Bertz CT molecular complexity index is 1350. The highest BCUT2D eigenvalue weighted by Gasteiger charge is 2.16. The van der Waals surface area contributed by atoms with E-state index in [1.165, 1.54) is 17.6 Å². The number of thiophene rings is 1. The number of esters is 1. The molecule has 3 aromatic carbocycles. The molecule has 0 bridgehead atoms. The zero-order valence-corrected chi connectivity index (χ0v) is 20.6. The Labute approximate surface area is 212 Å². The van der Waals surface area contributed by atoms with Crippen LogP contribution in [0.3, 0.4) is 0 Å². The van der Waals surface area contributed by atoms with Crippen LogP contribution in [0.25, 0.3) is 10.1 Å². The van der Waals surface area contributed by atoms with Crippen molar-refractivity contribution >= 4 is 51.1 Å². The summed E-state index contributed by atoms with van der Waals surface area (Å²) in [5.74, 6) is 0.288. The van der Waals surface area contributed by atoms with Crippen molar-refractivity contribution < 1.29 is 19.1 Å². The van der Waals surface area contributed by atoms with E-state index in [2.05, 4.69) is 17.5 Å². The SMILES string of the molecule is CCCCOc1ccc(C(=O)Oc2ccc(/C=N/NC(=O)c3sc4ccccc4c3Cl)cc2)cc1. The van der Waals surface area contributed by atoms with E-state index in [-0.39, 0.29) is 5.91 Å². The number of halogens is 1. The highest BCUT2D eigenvalue weighted by atomic mass is 35.5. The van der Waals surface area contributed by atoms with Gasteiger partial charge in [0.25, 0.3) is 5.91 Å². The monoisotopic (exact) mass is 506 g/mol. The second kappa shape index (κ2) is 11.6. The van der Waals surface area contributed by atoms with Crippen LogP contribution in [0, 0.1) is 0 Å². The third-order valence-electron chi connectivity index (χ3n) is 5.07. The molecule has 6 nitrogen and oxygen atoms in total. The number of amides is 1. The minimum absolute atomic E-state index is 0.375. The Balaban J connectivity index is 1.31. The minimum atomic E-state index is -0.459. The normalized spacial score (nSPS) is 11.0. The molecule has 0 aliphatic rings. The van der Waals surface area contributed by atoms with Gasteiger partial charge in [-0.25, -0.2) is 10.2 Å². The number of carbonyl (C=O) groups excluding carboxylic acids is 2. The van der Waals surface area contributed by atoms with Crippen LogP contribution < -0.4 is 14.9 Å². The van der Waals surface area contributed by atoms with Gasteiger partial charge in [0.1, 0.15) is 16.4 Å². The molecule has 4 rings (SSSR count). The summed E-state index contributed by atoms with van der Waals surface area (Å²) in [6, 6.07) is 21.2. The van der Waals surface area contributed by atoms with E-state index < -0.39 is 5.97 Å². The van der Waals surface area contributed by atoms with Crippen molar-refractivity contribution in [2.75, 3.05) is 6.61 Å². The summed E-state index contributed by atoms with van der Waals surface area (Å²) in [5.41, 5.74) is 3.65. The average Bonchev–Trinajstić information content (AvgIpc) is 3.22. The number of carbonyl (C=O) groups is 2. The first kappa shape index (κ1) is 24.4. The van der Waals surface area contributed by atoms with Crippen LogP contribution in [0.5, 0.6) is 11.5 Å². The molecule has 0 fully saturated rings. The van der Waals surface area contributed by atoms with Gasteiger partial charge in [-0.3, -0.25) is 4.79 Å². The minimum Gasteiger partial charge on any atom is -0.494 e. The molecule has 35 heavy (non-hydrogen) atoms.